The SMILES string of the molecule is CC1CCC([N+](=O)[O-])C[C@@H]1O. The van der Waals surface area contributed by atoms with Crippen LogP contribution < -0.4 is 0 Å². The van der Waals surface area contributed by atoms with Gasteiger partial charge in [0.05, 0.1) is 6.10 Å². The van der Waals surface area contributed by atoms with Gasteiger partial charge < -0.3 is 5.11 Å². The predicted octanol–water partition coefficient (Wildman–Crippen LogP) is 0.813. The second-order valence-corrected chi connectivity index (χ2v) is 3.30. The summed E-state index contributed by atoms with van der Waals surface area (Å²) >= 11 is 0. The van der Waals surface area contributed by atoms with Crippen molar-refractivity contribution in [2.75, 3.05) is 0 Å². The second-order valence-electron chi connectivity index (χ2n) is 3.30. The van der Waals surface area contributed by atoms with Gasteiger partial charge in [-0.3, -0.25) is 10.1 Å². The molecule has 0 amide bonds. The van der Waals surface area contributed by atoms with E-state index in [9.17, 15) is 15.2 Å². The molecule has 0 aliphatic heterocycles. The summed E-state index contributed by atoms with van der Waals surface area (Å²) in [6.07, 6.45) is 1.24. The molecule has 4 heteroatoms. The molecule has 0 radical (unpaired) electrons. The Morgan fingerprint density at radius 2 is 2.18 bits per heavy atom. The maximum absolute atomic E-state index is 10.3. The van der Waals surface area contributed by atoms with Gasteiger partial charge in [0.25, 0.3) is 0 Å². The van der Waals surface area contributed by atoms with Crippen LogP contribution in [-0.4, -0.2) is 22.2 Å². The lowest BCUT2D eigenvalue weighted by Gasteiger charge is -2.25. The van der Waals surface area contributed by atoms with Crippen LogP contribution in [0.1, 0.15) is 26.2 Å². The highest BCUT2D eigenvalue weighted by Crippen LogP contribution is 2.25. The van der Waals surface area contributed by atoms with Crippen molar-refractivity contribution in [1.82, 2.24) is 0 Å². The van der Waals surface area contributed by atoms with Crippen molar-refractivity contribution < 1.29 is 10.0 Å². The Bertz CT molecular complexity index is 160. The molecule has 4 nitrogen and oxygen atoms in total. The van der Waals surface area contributed by atoms with Gasteiger partial charge in [-0.2, -0.15) is 0 Å². The largest absolute Gasteiger partial charge is 0.393 e. The molecule has 1 aliphatic rings. The van der Waals surface area contributed by atoms with E-state index in [1.54, 1.807) is 0 Å². The average Bonchev–Trinajstić information content (AvgIpc) is 1.94. The predicted molar refractivity (Wildman–Crippen MR) is 39.8 cm³/mol. The molecular weight excluding hydrogens is 146 g/mol. The number of rotatable bonds is 1. The van der Waals surface area contributed by atoms with E-state index in [0.29, 0.717) is 12.8 Å². The Labute approximate surface area is 65.4 Å². The molecule has 1 rings (SSSR count). The van der Waals surface area contributed by atoms with Crippen molar-refractivity contribution in [1.29, 1.82) is 0 Å². The fraction of sp³-hybridized carbons (Fsp3) is 1.00. The Morgan fingerprint density at radius 3 is 2.64 bits per heavy atom. The lowest BCUT2D eigenvalue weighted by Crippen LogP contribution is -2.34. The van der Waals surface area contributed by atoms with Gasteiger partial charge in [-0.05, 0) is 12.3 Å². The number of hydrogen-bond acceptors (Lipinski definition) is 3. The Hall–Kier alpha value is -0.640. The van der Waals surface area contributed by atoms with Crippen LogP contribution in [0.3, 0.4) is 0 Å². The summed E-state index contributed by atoms with van der Waals surface area (Å²) in [4.78, 5) is 10.0. The standard InChI is InChI=1S/C7H13NO3/c1-5-2-3-6(8(10)11)4-7(5)9/h5-7,9H,2-4H2,1H3/t5?,6?,7-/m0/s1. The van der Waals surface area contributed by atoms with Crippen molar-refractivity contribution in [2.24, 2.45) is 5.92 Å². The molecule has 11 heavy (non-hydrogen) atoms. The van der Waals surface area contributed by atoms with E-state index < -0.39 is 12.1 Å². The number of nitrogens with zero attached hydrogens (tertiary/aromatic N) is 1. The lowest BCUT2D eigenvalue weighted by atomic mass is 9.85. The van der Waals surface area contributed by atoms with Crippen molar-refractivity contribution in [2.45, 2.75) is 38.3 Å². The minimum absolute atomic E-state index is 0.228. The molecule has 0 saturated heterocycles. The quantitative estimate of drug-likeness (QED) is 0.455. The first kappa shape index (κ1) is 8.46. The summed E-state index contributed by atoms with van der Waals surface area (Å²) in [5.41, 5.74) is 0. The highest BCUT2D eigenvalue weighted by Gasteiger charge is 2.32. The normalized spacial score (nSPS) is 38.5. The fourth-order valence-electron chi connectivity index (χ4n) is 1.47. The number of nitro groups is 1. The van der Waals surface area contributed by atoms with E-state index >= 15 is 0 Å². The maximum Gasteiger partial charge on any atom is 0.215 e. The Balaban J connectivity index is 2.46. The fourth-order valence-corrected chi connectivity index (χ4v) is 1.47. The van der Waals surface area contributed by atoms with Crippen molar-refractivity contribution in [3.05, 3.63) is 10.1 Å². The van der Waals surface area contributed by atoms with Gasteiger partial charge >= 0.3 is 0 Å². The van der Waals surface area contributed by atoms with Gasteiger partial charge in [-0.25, -0.2) is 0 Å². The first-order chi connectivity index (χ1) is 5.11. The lowest BCUT2D eigenvalue weighted by molar-refractivity contribution is -0.529. The van der Waals surface area contributed by atoms with E-state index in [2.05, 4.69) is 0 Å². The molecule has 1 fully saturated rings. The van der Waals surface area contributed by atoms with Crippen LogP contribution in [0.2, 0.25) is 0 Å². The van der Waals surface area contributed by atoms with Gasteiger partial charge in [0, 0.05) is 17.8 Å². The minimum atomic E-state index is -0.513. The summed E-state index contributed by atoms with van der Waals surface area (Å²) < 4.78 is 0. The topological polar surface area (TPSA) is 63.4 Å². The maximum atomic E-state index is 10.3. The first-order valence-electron chi connectivity index (χ1n) is 3.93. The molecule has 0 spiro atoms. The monoisotopic (exact) mass is 159 g/mol. The number of aliphatic hydroxyl groups excluding tert-OH is 1. The molecule has 0 heterocycles. The average molecular weight is 159 g/mol. The summed E-state index contributed by atoms with van der Waals surface area (Å²) in [6, 6.07) is -0.513. The summed E-state index contributed by atoms with van der Waals surface area (Å²) in [5.74, 6) is 0.228. The van der Waals surface area contributed by atoms with Gasteiger partial charge in [-0.15, -0.1) is 0 Å². The minimum Gasteiger partial charge on any atom is -0.393 e. The Kier molecular flexibility index (Phi) is 2.44. The van der Waals surface area contributed by atoms with Crippen molar-refractivity contribution in [3.8, 4) is 0 Å². The van der Waals surface area contributed by atoms with Crippen LogP contribution in [0.5, 0.6) is 0 Å². The third-order valence-electron chi connectivity index (χ3n) is 2.42. The number of hydrogen-bond donors (Lipinski definition) is 1. The molecule has 0 aromatic heterocycles. The van der Waals surface area contributed by atoms with Crippen LogP contribution in [-0.2, 0) is 0 Å². The summed E-state index contributed by atoms with van der Waals surface area (Å²) in [6.45, 7) is 1.93. The van der Waals surface area contributed by atoms with Crippen LogP contribution >= 0.6 is 0 Å². The first-order valence-corrected chi connectivity index (χ1v) is 3.93. The molecule has 1 N–H and O–H groups in total. The van der Waals surface area contributed by atoms with Crippen molar-refractivity contribution in [3.63, 3.8) is 0 Å². The van der Waals surface area contributed by atoms with E-state index in [1.807, 2.05) is 6.92 Å². The van der Waals surface area contributed by atoms with Gasteiger partial charge in [0.15, 0.2) is 0 Å². The molecule has 1 saturated carbocycles. The molecule has 0 aromatic carbocycles. The van der Waals surface area contributed by atoms with E-state index in [0.717, 1.165) is 6.42 Å². The molecule has 3 atom stereocenters. The highest BCUT2D eigenvalue weighted by molar-refractivity contribution is 4.76. The molecule has 0 aromatic rings. The summed E-state index contributed by atoms with van der Waals surface area (Å²) in [5, 5.41) is 19.6. The van der Waals surface area contributed by atoms with E-state index in [4.69, 9.17) is 0 Å². The van der Waals surface area contributed by atoms with E-state index in [1.165, 1.54) is 0 Å². The third-order valence-corrected chi connectivity index (χ3v) is 2.42. The van der Waals surface area contributed by atoms with Crippen LogP contribution in [0, 0.1) is 16.0 Å². The third kappa shape index (κ3) is 1.89. The molecular formula is C7H13NO3. The molecule has 0 bridgehead atoms. The smallest absolute Gasteiger partial charge is 0.215 e. The number of aliphatic hydroxyl groups is 1. The van der Waals surface area contributed by atoms with Crippen LogP contribution in [0.15, 0.2) is 0 Å². The van der Waals surface area contributed by atoms with Gasteiger partial charge in [-0.1, -0.05) is 6.92 Å². The zero-order valence-corrected chi connectivity index (χ0v) is 6.56. The zero-order valence-electron chi connectivity index (χ0n) is 6.56. The zero-order chi connectivity index (χ0) is 8.43. The summed E-state index contributed by atoms with van der Waals surface area (Å²) in [7, 11) is 0. The van der Waals surface area contributed by atoms with Crippen LogP contribution in [0.4, 0.5) is 0 Å². The molecule has 64 valence electrons. The Morgan fingerprint density at radius 1 is 1.55 bits per heavy atom. The van der Waals surface area contributed by atoms with Crippen molar-refractivity contribution >= 4 is 0 Å². The van der Waals surface area contributed by atoms with Gasteiger partial charge in [0.2, 0.25) is 6.04 Å². The molecule has 1 aliphatic carbocycles. The second kappa shape index (κ2) is 3.17. The van der Waals surface area contributed by atoms with Crippen LogP contribution in [0.25, 0.3) is 0 Å². The molecule has 2 unspecified atom stereocenters. The van der Waals surface area contributed by atoms with E-state index in [-0.39, 0.29) is 10.8 Å². The van der Waals surface area contributed by atoms with Gasteiger partial charge in [0.1, 0.15) is 0 Å². The highest BCUT2D eigenvalue weighted by atomic mass is 16.6.